The van der Waals surface area contributed by atoms with Gasteiger partial charge in [0.2, 0.25) is 0 Å². The van der Waals surface area contributed by atoms with Crippen LogP contribution < -0.4 is 10.2 Å². The molecule has 0 aliphatic heterocycles. The highest BCUT2D eigenvalue weighted by atomic mass is 19.4. The second kappa shape index (κ2) is 12.4. The first-order valence-electron chi connectivity index (χ1n) is 9.80. The Kier molecular flexibility index (Phi) is 10.3. The van der Waals surface area contributed by atoms with E-state index in [-0.39, 0.29) is 11.5 Å². The number of nitrogens with one attached hydrogen (secondary N) is 1. The minimum atomic E-state index is -5.08. The molecule has 0 fully saturated rings. The number of alkyl halides is 3. The lowest BCUT2D eigenvalue weighted by Gasteiger charge is -2.26. The number of amides is 1. The fraction of sp³-hybridized carbons (Fsp3) is 0.318. The summed E-state index contributed by atoms with van der Waals surface area (Å²) >= 11 is 0. The zero-order chi connectivity index (χ0) is 25.2. The lowest BCUT2D eigenvalue weighted by molar-refractivity contribution is -0.192. The fourth-order valence-electron chi connectivity index (χ4n) is 2.62. The highest BCUT2D eigenvalue weighted by Crippen LogP contribution is 2.25. The largest absolute Gasteiger partial charge is 0.490 e. The van der Waals surface area contributed by atoms with Gasteiger partial charge in [-0.15, -0.1) is 0 Å². The second-order valence-corrected chi connectivity index (χ2v) is 7.04. The smallest absolute Gasteiger partial charge is 0.478 e. The van der Waals surface area contributed by atoms with Gasteiger partial charge in [0, 0.05) is 30.9 Å². The normalized spacial score (nSPS) is 10.8. The molecule has 0 saturated heterocycles. The number of nitrogens with zero attached hydrogens (tertiary/aromatic N) is 2. The van der Waals surface area contributed by atoms with Gasteiger partial charge in [-0.3, -0.25) is 4.79 Å². The van der Waals surface area contributed by atoms with Crippen molar-refractivity contribution < 1.29 is 37.8 Å². The van der Waals surface area contributed by atoms with Crippen LogP contribution in [-0.4, -0.2) is 72.9 Å². The number of carboxylic acid groups (broad SMARTS) is 2. The molecule has 0 aliphatic rings. The molecule has 0 atom stereocenters. The molecular weight excluding hydrogens is 443 g/mol. The maximum absolute atomic E-state index is 12.3. The van der Waals surface area contributed by atoms with E-state index in [4.69, 9.17) is 9.90 Å². The molecule has 3 N–H and O–H groups in total. The van der Waals surface area contributed by atoms with Gasteiger partial charge >= 0.3 is 18.1 Å². The lowest BCUT2D eigenvalue weighted by atomic mass is 10.1. The Hall–Kier alpha value is -3.60. The predicted octanol–water partition coefficient (Wildman–Crippen LogP) is 3.66. The number of carbonyl (C=O) groups is 3. The molecule has 11 heteroatoms. The van der Waals surface area contributed by atoms with E-state index in [1.54, 1.807) is 36.4 Å². The molecule has 0 radical (unpaired) electrons. The number of likely N-dealkylation sites (N-methyl/N-ethyl adjacent to an activating group) is 2. The third kappa shape index (κ3) is 9.19. The average molecular weight is 469 g/mol. The molecule has 2 aromatic rings. The van der Waals surface area contributed by atoms with Gasteiger partial charge in [-0.2, -0.15) is 13.2 Å². The summed E-state index contributed by atoms with van der Waals surface area (Å²) in [5.74, 6) is -4.04. The number of hydrogen-bond acceptors (Lipinski definition) is 5. The van der Waals surface area contributed by atoms with Crippen LogP contribution in [0.2, 0.25) is 0 Å². The summed E-state index contributed by atoms with van der Waals surface area (Å²) in [7, 11) is 3.96. The fourth-order valence-corrected chi connectivity index (χ4v) is 2.62. The van der Waals surface area contributed by atoms with E-state index in [9.17, 15) is 27.9 Å². The van der Waals surface area contributed by atoms with E-state index in [1.165, 1.54) is 6.07 Å². The van der Waals surface area contributed by atoms with Crippen LogP contribution in [0.3, 0.4) is 0 Å². The van der Waals surface area contributed by atoms with Gasteiger partial charge in [0.15, 0.2) is 0 Å². The first kappa shape index (κ1) is 27.4. The Morgan fingerprint density at radius 2 is 1.55 bits per heavy atom. The second-order valence-electron chi connectivity index (χ2n) is 7.04. The minimum absolute atomic E-state index is 0.177. The van der Waals surface area contributed by atoms with Crippen LogP contribution in [0.5, 0.6) is 0 Å². The van der Waals surface area contributed by atoms with Crippen molar-refractivity contribution in [3.05, 3.63) is 59.7 Å². The van der Waals surface area contributed by atoms with Crippen LogP contribution >= 0.6 is 0 Å². The van der Waals surface area contributed by atoms with Crippen LogP contribution in [0.25, 0.3) is 0 Å². The van der Waals surface area contributed by atoms with Gasteiger partial charge in [-0.05, 0) is 51.4 Å². The van der Waals surface area contributed by atoms with E-state index in [2.05, 4.69) is 10.2 Å². The topological polar surface area (TPSA) is 110 Å². The number of aromatic carboxylic acids is 1. The van der Waals surface area contributed by atoms with Gasteiger partial charge in [0.1, 0.15) is 0 Å². The standard InChI is InChI=1S/C20H25N3O3.C2HF3O2/c1-4-23(13-12-22(2)3)18-11-10-16(14-17(18)20(25)26)21-19(24)15-8-6-5-7-9-15;3-2(4,5)1(6)7/h5-11,14H,4,12-13H2,1-3H3,(H,21,24)(H,25,26);(H,6,7). The summed E-state index contributed by atoms with van der Waals surface area (Å²) in [6.45, 7) is 4.23. The van der Waals surface area contributed by atoms with Crippen LogP contribution in [0.4, 0.5) is 24.5 Å². The Bertz CT molecular complexity index is 950. The molecule has 8 nitrogen and oxygen atoms in total. The van der Waals surface area contributed by atoms with Gasteiger partial charge in [-0.25, -0.2) is 9.59 Å². The summed E-state index contributed by atoms with van der Waals surface area (Å²) in [4.78, 5) is 37.0. The predicted molar refractivity (Wildman–Crippen MR) is 118 cm³/mol. The maximum Gasteiger partial charge on any atom is 0.490 e. The number of halogens is 3. The van der Waals surface area contributed by atoms with Crippen LogP contribution in [-0.2, 0) is 4.79 Å². The Balaban J connectivity index is 0.000000675. The molecule has 2 rings (SSSR count). The van der Waals surface area contributed by atoms with E-state index < -0.39 is 18.1 Å². The SMILES string of the molecule is CCN(CCN(C)C)c1ccc(NC(=O)c2ccccc2)cc1C(=O)O.O=C(O)C(F)(F)F. The molecular formula is C22H26F3N3O5. The number of aliphatic carboxylic acids is 1. The molecule has 2 aromatic carbocycles. The van der Waals surface area contributed by atoms with Crippen molar-refractivity contribution in [3.8, 4) is 0 Å². The average Bonchev–Trinajstić information content (AvgIpc) is 2.75. The number of carbonyl (C=O) groups excluding carboxylic acids is 1. The molecule has 0 aliphatic carbocycles. The number of hydrogen-bond donors (Lipinski definition) is 3. The Morgan fingerprint density at radius 3 is 2.00 bits per heavy atom. The van der Waals surface area contributed by atoms with Crippen molar-refractivity contribution in [2.75, 3.05) is 43.9 Å². The Labute approximate surface area is 189 Å². The first-order chi connectivity index (χ1) is 15.4. The molecule has 0 spiro atoms. The van der Waals surface area contributed by atoms with E-state index in [0.29, 0.717) is 23.5 Å². The van der Waals surface area contributed by atoms with Crippen molar-refractivity contribution >= 4 is 29.2 Å². The summed E-state index contributed by atoms with van der Waals surface area (Å²) in [5.41, 5.74) is 1.81. The van der Waals surface area contributed by atoms with E-state index in [0.717, 1.165) is 13.1 Å². The lowest BCUT2D eigenvalue weighted by Crippen LogP contribution is -2.32. The third-order valence-corrected chi connectivity index (χ3v) is 4.30. The van der Waals surface area contributed by atoms with E-state index >= 15 is 0 Å². The number of anilines is 2. The zero-order valence-corrected chi connectivity index (χ0v) is 18.4. The Morgan fingerprint density at radius 1 is 0.970 bits per heavy atom. The van der Waals surface area contributed by atoms with E-state index in [1.807, 2.05) is 32.0 Å². The quantitative estimate of drug-likeness (QED) is 0.541. The molecule has 1 amide bonds. The van der Waals surface area contributed by atoms with Crippen molar-refractivity contribution in [3.63, 3.8) is 0 Å². The molecule has 0 heterocycles. The minimum Gasteiger partial charge on any atom is -0.478 e. The molecule has 0 aromatic heterocycles. The first-order valence-corrected chi connectivity index (χ1v) is 9.80. The van der Waals surface area contributed by atoms with Crippen molar-refractivity contribution in [2.24, 2.45) is 0 Å². The maximum atomic E-state index is 12.3. The molecule has 0 bridgehead atoms. The highest BCUT2D eigenvalue weighted by molar-refractivity contribution is 6.05. The molecule has 0 unspecified atom stereocenters. The van der Waals surface area contributed by atoms with Crippen LogP contribution in [0.15, 0.2) is 48.5 Å². The monoisotopic (exact) mass is 469 g/mol. The van der Waals surface area contributed by atoms with Crippen LogP contribution in [0, 0.1) is 0 Å². The molecule has 0 saturated carbocycles. The molecule has 180 valence electrons. The number of carboxylic acids is 2. The van der Waals surface area contributed by atoms with Crippen molar-refractivity contribution in [2.45, 2.75) is 13.1 Å². The van der Waals surface area contributed by atoms with Gasteiger partial charge in [-0.1, -0.05) is 18.2 Å². The van der Waals surface area contributed by atoms with Crippen LogP contribution in [0.1, 0.15) is 27.6 Å². The van der Waals surface area contributed by atoms with Crippen molar-refractivity contribution in [1.29, 1.82) is 0 Å². The number of benzene rings is 2. The van der Waals surface area contributed by atoms with Crippen molar-refractivity contribution in [1.82, 2.24) is 4.90 Å². The zero-order valence-electron chi connectivity index (χ0n) is 18.4. The highest BCUT2D eigenvalue weighted by Gasteiger charge is 2.38. The summed E-state index contributed by atoms with van der Waals surface area (Å²) in [6.07, 6.45) is -5.08. The van der Waals surface area contributed by atoms with Gasteiger partial charge < -0.3 is 25.3 Å². The third-order valence-electron chi connectivity index (χ3n) is 4.30. The number of rotatable bonds is 8. The summed E-state index contributed by atoms with van der Waals surface area (Å²) in [5, 5.41) is 19.5. The van der Waals surface area contributed by atoms with Gasteiger partial charge in [0.25, 0.3) is 5.91 Å². The summed E-state index contributed by atoms with van der Waals surface area (Å²) < 4.78 is 31.7. The summed E-state index contributed by atoms with van der Waals surface area (Å²) in [6, 6.07) is 13.8. The molecule has 33 heavy (non-hydrogen) atoms. The van der Waals surface area contributed by atoms with Gasteiger partial charge in [0.05, 0.1) is 11.3 Å².